The van der Waals surface area contributed by atoms with E-state index in [1.807, 2.05) is 0 Å². The minimum absolute atomic E-state index is 1.03. The highest BCUT2D eigenvalue weighted by atomic mass is 15.1. The summed E-state index contributed by atoms with van der Waals surface area (Å²) in [6.07, 6.45) is 33.7. The highest BCUT2D eigenvalue weighted by Crippen LogP contribution is 2.10. The fraction of sp³-hybridized carbons (Fsp3) is 0.538. The van der Waals surface area contributed by atoms with Crippen LogP contribution in [0.25, 0.3) is 0 Å². The average Bonchev–Trinajstić information content (AvgIpc) is 2.68. The number of hydrogen-bond donors (Lipinski definition) is 0. The highest BCUT2D eigenvalue weighted by molar-refractivity contribution is 5.01. The first-order valence-electron chi connectivity index (χ1n) is 10.9. The summed E-state index contributed by atoms with van der Waals surface area (Å²) >= 11 is 0. The van der Waals surface area contributed by atoms with E-state index in [0.717, 1.165) is 51.5 Å². The smallest absolute Gasteiger partial charge is 0.0171 e. The van der Waals surface area contributed by atoms with Crippen LogP contribution in [0.15, 0.2) is 73.0 Å². The lowest BCUT2D eigenvalue weighted by atomic mass is 10.1. The van der Waals surface area contributed by atoms with E-state index in [1.54, 1.807) is 0 Å². The van der Waals surface area contributed by atoms with Gasteiger partial charge in [0.1, 0.15) is 0 Å². The molecule has 0 aromatic heterocycles. The van der Waals surface area contributed by atoms with Gasteiger partial charge in [0.05, 0.1) is 0 Å². The quantitative estimate of drug-likeness (QED) is 0.185. The maximum absolute atomic E-state index is 4.20. The summed E-state index contributed by atoms with van der Waals surface area (Å²) in [6, 6.07) is 0. The largest absolute Gasteiger partial charge is 0.378 e. The molecule has 152 valence electrons. The molecule has 1 nitrogen and oxygen atoms in total. The average molecular weight is 370 g/mol. The van der Waals surface area contributed by atoms with Crippen LogP contribution < -0.4 is 0 Å². The molecular weight excluding hydrogens is 326 g/mol. The molecule has 0 amide bonds. The van der Waals surface area contributed by atoms with Crippen molar-refractivity contribution in [2.45, 2.75) is 78.1 Å². The van der Waals surface area contributed by atoms with Crippen molar-refractivity contribution in [1.82, 2.24) is 4.90 Å². The second kappa shape index (κ2) is 20.6. The van der Waals surface area contributed by atoms with Crippen molar-refractivity contribution in [2.24, 2.45) is 0 Å². The van der Waals surface area contributed by atoms with Crippen molar-refractivity contribution < 1.29 is 0 Å². The third-order valence-corrected chi connectivity index (χ3v) is 4.38. The van der Waals surface area contributed by atoms with Gasteiger partial charge < -0.3 is 4.90 Å². The maximum atomic E-state index is 4.20. The Hall–Kier alpha value is -1.76. The zero-order valence-electron chi connectivity index (χ0n) is 18.2. The second-order valence-electron chi connectivity index (χ2n) is 6.94. The van der Waals surface area contributed by atoms with Crippen molar-refractivity contribution >= 4 is 0 Å². The van der Waals surface area contributed by atoms with Gasteiger partial charge in [-0.15, -0.1) is 0 Å². The number of rotatable bonds is 17. The molecule has 0 saturated heterocycles. The minimum atomic E-state index is 1.03. The molecule has 0 aliphatic carbocycles. The molecule has 0 fully saturated rings. The molecule has 0 aliphatic heterocycles. The Kier molecular flexibility index (Phi) is 19.2. The summed E-state index contributed by atoms with van der Waals surface area (Å²) in [5, 5.41) is 0. The van der Waals surface area contributed by atoms with Crippen molar-refractivity contribution in [3.05, 3.63) is 73.0 Å². The van der Waals surface area contributed by atoms with Crippen LogP contribution in [0.1, 0.15) is 78.1 Å². The van der Waals surface area contributed by atoms with Crippen LogP contribution >= 0.6 is 0 Å². The zero-order valence-corrected chi connectivity index (χ0v) is 18.2. The van der Waals surface area contributed by atoms with Crippen LogP contribution in [0.4, 0.5) is 0 Å². The van der Waals surface area contributed by atoms with Crippen LogP contribution in [0.3, 0.4) is 0 Å². The second-order valence-corrected chi connectivity index (χ2v) is 6.94. The molecule has 0 radical (unpaired) electrons. The van der Waals surface area contributed by atoms with Gasteiger partial charge in [-0.3, -0.25) is 0 Å². The molecular formula is C26H43N. The number of allylic oxidation sites excluding steroid dienone is 11. The summed E-state index contributed by atoms with van der Waals surface area (Å²) in [6.45, 7) is 9.73. The summed E-state index contributed by atoms with van der Waals surface area (Å²) in [5.41, 5.74) is 1.27. The molecule has 0 spiro atoms. The Morgan fingerprint density at radius 3 is 1.67 bits per heavy atom. The van der Waals surface area contributed by atoms with Crippen LogP contribution in [-0.4, -0.2) is 18.5 Å². The van der Waals surface area contributed by atoms with E-state index in [4.69, 9.17) is 0 Å². The van der Waals surface area contributed by atoms with Crippen molar-refractivity contribution in [3.63, 3.8) is 0 Å². The predicted molar refractivity (Wildman–Crippen MR) is 125 cm³/mol. The van der Waals surface area contributed by atoms with Gasteiger partial charge in [-0.2, -0.15) is 0 Å². The Bertz CT molecular complexity index is 476. The molecule has 0 aromatic carbocycles. The Balaban J connectivity index is 3.58. The van der Waals surface area contributed by atoms with Gasteiger partial charge in [0.2, 0.25) is 0 Å². The van der Waals surface area contributed by atoms with Gasteiger partial charge in [-0.25, -0.2) is 0 Å². The van der Waals surface area contributed by atoms with Gasteiger partial charge in [0, 0.05) is 19.3 Å². The predicted octanol–water partition coefficient (Wildman–Crippen LogP) is 8.15. The highest BCUT2D eigenvalue weighted by Gasteiger charge is 2.00. The summed E-state index contributed by atoms with van der Waals surface area (Å²) in [5.74, 6) is 0. The topological polar surface area (TPSA) is 3.24 Å². The van der Waals surface area contributed by atoms with E-state index in [9.17, 15) is 0 Å². The van der Waals surface area contributed by atoms with Crippen LogP contribution in [0.5, 0.6) is 0 Å². The monoisotopic (exact) mass is 369 g/mol. The van der Waals surface area contributed by atoms with Gasteiger partial charge >= 0.3 is 0 Å². The fourth-order valence-corrected chi connectivity index (χ4v) is 2.54. The molecule has 0 N–H and O–H groups in total. The summed E-state index contributed by atoms with van der Waals surface area (Å²) in [4.78, 5) is 2.31. The first kappa shape index (κ1) is 25.2. The molecule has 0 rings (SSSR count). The lowest BCUT2D eigenvalue weighted by molar-refractivity contribution is 0.390. The molecule has 0 unspecified atom stereocenters. The molecule has 0 bridgehead atoms. The normalized spacial score (nSPS) is 12.6. The van der Waals surface area contributed by atoms with E-state index < -0.39 is 0 Å². The van der Waals surface area contributed by atoms with Gasteiger partial charge in [-0.05, 0) is 57.8 Å². The molecule has 0 atom stereocenters. The Labute approximate surface area is 169 Å². The third kappa shape index (κ3) is 18.8. The number of unbranched alkanes of at least 4 members (excludes halogenated alkanes) is 2. The number of hydrogen-bond acceptors (Lipinski definition) is 1. The molecule has 0 heterocycles. The minimum Gasteiger partial charge on any atom is -0.378 e. The molecule has 0 aliphatic rings. The molecule has 0 saturated carbocycles. The summed E-state index contributed by atoms with van der Waals surface area (Å²) in [7, 11) is 2.16. The van der Waals surface area contributed by atoms with Crippen molar-refractivity contribution in [2.75, 3.05) is 13.6 Å². The van der Waals surface area contributed by atoms with Crippen LogP contribution in [-0.2, 0) is 0 Å². The standard InChI is InChI=1S/C26H43N/c1-5-7-9-10-11-12-13-14-15-16-17-18-19-20-21-22-23-24-26(3)27(4)25-8-6-2/h7,9,11-12,14-15,17-18,20-21H,3,5-6,8,10,13,16,19,22-25H2,1-2,4H3/b9-7-,12-11-,15-14-,18-17-,21-20-. The number of nitrogens with zero attached hydrogens (tertiary/aromatic N) is 1. The van der Waals surface area contributed by atoms with Crippen LogP contribution in [0.2, 0.25) is 0 Å². The van der Waals surface area contributed by atoms with Gasteiger partial charge in [-0.1, -0.05) is 87.6 Å². The third-order valence-electron chi connectivity index (χ3n) is 4.38. The van der Waals surface area contributed by atoms with E-state index in [1.165, 1.54) is 25.0 Å². The lowest BCUT2D eigenvalue weighted by Gasteiger charge is -2.21. The fourth-order valence-electron chi connectivity index (χ4n) is 2.54. The summed E-state index contributed by atoms with van der Waals surface area (Å²) < 4.78 is 0. The Morgan fingerprint density at radius 2 is 1.19 bits per heavy atom. The van der Waals surface area contributed by atoms with Crippen molar-refractivity contribution in [1.29, 1.82) is 0 Å². The van der Waals surface area contributed by atoms with Crippen LogP contribution in [0, 0.1) is 0 Å². The first-order chi connectivity index (χ1) is 13.2. The maximum Gasteiger partial charge on any atom is 0.0171 e. The molecule has 0 aromatic rings. The van der Waals surface area contributed by atoms with E-state index in [-0.39, 0.29) is 0 Å². The Morgan fingerprint density at radius 1 is 0.704 bits per heavy atom. The molecule has 1 heteroatoms. The zero-order chi connectivity index (χ0) is 20.0. The first-order valence-corrected chi connectivity index (χ1v) is 10.9. The van der Waals surface area contributed by atoms with Crippen molar-refractivity contribution in [3.8, 4) is 0 Å². The van der Waals surface area contributed by atoms with E-state index in [2.05, 4.69) is 93.1 Å². The SMILES string of the molecule is C=C(CCC/C=C\C/C=C\C/C=C\C/C=C\C/C=C\CC)N(C)CCCC. The lowest BCUT2D eigenvalue weighted by Crippen LogP contribution is -2.18. The molecule has 27 heavy (non-hydrogen) atoms. The van der Waals surface area contributed by atoms with Gasteiger partial charge in [0.25, 0.3) is 0 Å². The van der Waals surface area contributed by atoms with E-state index in [0.29, 0.717) is 0 Å². The van der Waals surface area contributed by atoms with Gasteiger partial charge in [0.15, 0.2) is 0 Å². The van der Waals surface area contributed by atoms with E-state index >= 15 is 0 Å².